The summed E-state index contributed by atoms with van der Waals surface area (Å²) >= 11 is 0. The average Bonchev–Trinajstić information content (AvgIpc) is 2.60. The molecule has 10 heteroatoms. The maximum absolute atomic E-state index is 12.1. The topological polar surface area (TPSA) is 133 Å². The van der Waals surface area contributed by atoms with Crippen LogP contribution in [0.25, 0.3) is 0 Å². The van der Waals surface area contributed by atoms with Gasteiger partial charge in [-0.1, -0.05) is 19.8 Å². The molecule has 9 nitrogen and oxygen atoms in total. The quantitative estimate of drug-likeness (QED) is 0.439. The van der Waals surface area contributed by atoms with Crippen molar-refractivity contribution in [2.75, 3.05) is 12.9 Å². The predicted molar refractivity (Wildman–Crippen MR) is 96.1 cm³/mol. The summed E-state index contributed by atoms with van der Waals surface area (Å²) in [4.78, 5) is 33.8. The van der Waals surface area contributed by atoms with E-state index in [2.05, 4.69) is 12.2 Å². The first-order valence-corrected chi connectivity index (χ1v) is 10.4. The van der Waals surface area contributed by atoms with Crippen molar-refractivity contribution < 1.29 is 27.7 Å². The van der Waals surface area contributed by atoms with Crippen molar-refractivity contribution in [2.24, 2.45) is 5.92 Å². The van der Waals surface area contributed by atoms with Crippen LogP contribution in [0.5, 0.6) is 0 Å². The fraction of sp³-hybridized carbons (Fsp3) is 0.529. The maximum atomic E-state index is 12.1. The lowest BCUT2D eigenvalue weighted by atomic mass is 9.86. The number of esters is 1. The Kier molecular flexibility index (Phi) is 6.53. The highest BCUT2D eigenvalue weighted by molar-refractivity contribution is 7.90. The van der Waals surface area contributed by atoms with Gasteiger partial charge in [0.1, 0.15) is 4.90 Å². The molecule has 1 saturated carbocycles. The highest BCUT2D eigenvalue weighted by atomic mass is 32.2. The molecule has 1 aliphatic rings. The molecule has 2 unspecified atom stereocenters. The van der Waals surface area contributed by atoms with E-state index in [1.807, 2.05) is 0 Å². The van der Waals surface area contributed by atoms with Crippen LogP contribution in [-0.4, -0.2) is 44.1 Å². The molecule has 1 aromatic rings. The minimum Gasteiger partial charge on any atom is -0.452 e. The van der Waals surface area contributed by atoms with Crippen molar-refractivity contribution in [3.8, 4) is 0 Å². The summed E-state index contributed by atoms with van der Waals surface area (Å²) in [5.41, 5.74) is -0.916. The van der Waals surface area contributed by atoms with Crippen molar-refractivity contribution in [1.29, 1.82) is 0 Å². The summed E-state index contributed by atoms with van der Waals surface area (Å²) in [7, 11) is -3.83. The van der Waals surface area contributed by atoms with Gasteiger partial charge in [0.15, 0.2) is 16.4 Å². The SMILES string of the molecule is CC1CCCCC1NC(=O)COC(=O)c1ccc(S(C)(=O)=O)c([N+](=O)[O-])c1. The van der Waals surface area contributed by atoms with Crippen molar-refractivity contribution in [3.05, 3.63) is 33.9 Å². The van der Waals surface area contributed by atoms with Gasteiger partial charge in [0.05, 0.1) is 10.5 Å². The Balaban J connectivity index is 2.02. The van der Waals surface area contributed by atoms with Crippen LogP contribution in [0.1, 0.15) is 43.0 Å². The Morgan fingerprint density at radius 1 is 1.30 bits per heavy atom. The second kappa shape index (κ2) is 8.47. The summed E-state index contributed by atoms with van der Waals surface area (Å²) in [5, 5.41) is 13.9. The zero-order valence-corrected chi connectivity index (χ0v) is 16.0. The van der Waals surface area contributed by atoms with E-state index in [-0.39, 0.29) is 11.6 Å². The van der Waals surface area contributed by atoms with Gasteiger partial charge < -0.3 is 10.1 Å². The van der Waals surface area contributed by atoms with E-state index in [1.54, 1.807) is 0 Å². The Morgan fingerprint density at radius 2 is 1.96 bits per heavy atom. The van der Waals surface area contributed by atoms with Gasteiger partial charge in [-0.2, -0.15) is 0 Å². The summed E-state index contributed by atoms with van der Waals surface area (Å²) in [6.45, 7) is 1.54. The fourth-order valence-electron chi connectivity index (χ4n) is 3.09. The van der Waals surface area contributed by atoms with Crippen LogP contribution in [0.15, 0.2) is 23.1 Å². The van der Waals surface area contributed by atoms with Gasteiger partial charge in [-0.05, 0) is 30.9 Å². The van der Waals surface area contributed by atoms with Gasteiger partial charge in [0.2, 0.25) is 0 Å². The zero-order chi connectivity index (χ0) is 20.2. The summed E-state index contributed by atoms with van der Waals surface area (Å²) in [5.74, 6) is -1.03. The minimum absolute atomic E-state index is 0.0417. The van der Waals surface area contributed by atoms with E-state index in [9.17, 15) is 28.1 Å². The molecule has 27 heavy (non-hydrogen) atoms. The number of benzene rings is 1. The first-order valence-electron chi connectivity index (χ1n) is 8.54. The molecule has 1 fully saturated rings. The second-order valence-corrected chi connectivity index (χ2v) is 8.71. The number of carbonyl (C=O) groups is 2. The molecule has 2 atom stereocenters. The van der Waals surface area contributed by atoms with Gasteiger partial charge in [0.25, 0.3) is 11.6 Å². The standard InChI is InChI=1S/C17H22N2O7S/c1-11-5-3-4-6-13(11)18-16(20)10-26-17(21)12-7-8-15(27(2,24)25)14(9-12)19(22)23/h7-9,11,13H,3-6,10H2,1-2H3,(H,18,20). The van der Waals surface area contributed by atoms with Gasteiger partial charge in [-0.15, -0.1) is 0 Å². The van der Waals surface area contributed by atoms with Gasteiger partial charge >= 0.3 is 5.97 Å². The molecule has 1 amide bonds. The zero-order valence-electron chi connectivity index (χ0n) is 15.1. The first-order chi connectivity index (χ1) is 12.6. The number of nitrogens with zero attached hydrogens (tertiary/aromatic N) is 1. The van der Waals surface area contributed by atoms with E-state index in [0.29, 0.717) is 5.92 Å². The van der Waals surface area contributed by atoms with E-state index in [1.165, 1.54) is 0 Å². The van der Waals surface area contributed by atoms with E-state index < -0.39 is 43.8 Å². The van der Waals surface area contributed by atoms with Crippen molar-refractivity contribution in [1.82, 2.24) is 5.32 Å². The van der Waals surface area contributed by atoms with Crippen LogP contribution in [0.3, 0.4) is 0 Å². The molecule has 0 heterocycles. The molecule has 0 spiro atoms. The third kappa shape index (κ3) is 5.49. The largest absolute Gasteiger partial charge is 0.452 e. The lowest BCUT2D eigenvalue weighted by Gasteiger charge is -2.29. The summed E-state index contributed by atoms with van der Waals surface area (Å²) in [6.07, 6.45) is 4.90. The molecule has 1 aromatic carbocycles. The van der Waals surface area contributed by atoms with Crippen LogP contribution in [0, 0.1) is 16.0 Å². The average molecular weight is 398 g/mol. The van der Waals surface area contributed by atoms with E-state index in [4.69, 9.17) is 4.74 Å². The number of nitrogens with one attached hydrogen (secondary N) is 1. The Morgan fingerprint density at radius 3 is 2.56 bits per heavy atom. The van der Waals surface area contributed by atoms with Gasteiger partial charge in [-0.3, -0.25) is 14.9 Å². The number of hydrogen-bond donors (Lipinski definition) is 1. The summed E-state index contributed by atoms with van der Waals surface area (Å²) in [6, 6.07) is 2.97. The number of nitro benzene ring substituents is 1. The maximum Gasteiger partial charge on any atom is 0.338 e. The molecule has 1 N–H and O–H groups in total. The molecule has 0 aromatic heterocycles. The number of sulfone groups is 1. The third-order valence-corrected chi connectivity index (χ3v) is 5.73. The van der Waals surface area contributed by atoms with Crippen LogP contribution >= 0.6 is 0 Å². The molecular weight excluding hydrogens is 376 g/mol. The highest BCUT2D eigenvalue weighted by Crippen LogP contribution is 2.25. The van der Waals surface area contributed by atoms with E-state index >= 15 is 0 Å². The summed E-state index contributed by atoms with van der Waals surface area (Å²) < 4.78 is 28.1. The Bertz CT molecular complexity index is 851. The Hall–Kier alpha value is -2.49. The first kappa shape index (κ1) is 20.8. The van der Waals surface area contributed by atoms with Crippen LogP contribution in [0.2, 0.25) is 0 Å². The third-order valence-electron chi connectivity index (χ3n) is 4.58. The van der Waals surface area contributed by atoms with Crippen molar-refractivity contribution in [2.45, 2.75) is 43.5 Å². The number of hydrogen-bond acceptors (Lipinski definition) is 7. The molecule has 1 aliphatic carbocycles. The highest BCUT2D eigenvalue weighted by Gasteiger charge is 2.26. The lowest BCUT2D eigenvalue weighted by molar-refractivity contribution is -0.387. The van der Waals surface area contributed by atoms with Crippen LogP contribution in [0.4, 0.5) is 5.69 Å². The molecular formula is C17H22N2O7S. The fourth-order valence-corrected chi connectivity index (χ4v) is 3.92. The minimum atomic E-state index is -3.83. The van der Waals surface area contributed by atoms with Crippen molar-refractivity contribution >= 4 is 27.4 Å². The molecule has 0 bridgehead atoms. The number of carbonyl (C=O) groups excluding carboxylic acids is 2. The molecule has 2 rings (SSSR count). The molecule has 0 saturated heterocycles. The number of rotatable bonds is 6. The van der Waals surface area contributed by atoms with Gasteiger partial charge in [0, 0.05) is 18.4 Å². The van der Waals surface area contributed by atoms with Crippen LogP contribution < -0.4 is 5.32 Å². The monoisotopic (exact) mass is 398 g/mol. The predicted octanol–water partition coefficient (Wildman–Crippen LogP) is 1.85. The van der Waals surface area contributed by atoms with Crippen molar-refractivity contribution in [3.63, 3.8) is 0 Å². The van der Waals surface area contributed by atoms with Crippen LogP contribution in [-0.2, 0) is 19.4 Å². The number of ether oxygens (including phenoxy) is 1. The Labute approximate surface area is 157 Å². The number of amides is 1. The van der Waals surface area contributed by atoms with Gasteiger partial charge in [-0.25, -0.2) is 13.2 Å². The molecule has 148 valence electrons. The normalized spacial score (nSPS) is 19.9. The van der Waals surface area contributed by atoms with E-state index in [0.717, 1.165) is 50.1 Å². The molecule has 0 radical (unpaired) electrons. The smallest absolute Gasteiger partial charge is 0.338 e. The lowest BCUT2D eigenvalue weighted by Crippen LogP contribution is -2.42. The second-order valence-electron chi connectivity index (χ2n) is 6.72. The number of nitro groups is 1. The molecule has 0 aliphatic heterocycles.